The molecule has 0 aromatic carbocycles. The van der Waals surface area contributed by atoms with E-state index in [9.17, 15) is 4.79 Å². The van der Waals surface area contributed by atoms with Crippen LogP contribution in [0.5, 0.6) is 0 Å². The fraction of sp³-hybridized carbons (Fsp3) is 0.500. The van der Waals surface area contributed by atoms with Crippen LogP contribution in [0.25, 0.3) is 0 Å². The van der Waals surface area contributed by atoms with E-state index >= 15 is 0 Å². The van der Waals surface area contributed by atoms with Crippen LogP contribution in [0.15, 0.2) is 17.7 Å². The lowest BCUT2D eigenvalue weighted by atomic mass is 10.1. The van der Waals surface area contributed by atoms with Crippen LogP contribution in [0.4, 0.5) is 0 Å². The number of amides is 1. The van der Waals surface area contributed by atoms with Crippen molar-refractivity contribution < 1.29 is 4.79 Å². The first-order valence-corrected chi connectivity index (χ1v) is 7.28. The Balaban J connectivity index is 0.00000180. The van der Waals surface area contributed by atoms with Crippen LogP contribution in [-0.2, 0) is 6.42 Å². The zero-order valence-corrected chi connectivity index (χ0v) is 13.0. The number of rotatable bonds is 4. The number of halogens is 1. The third-order valence-electron chi connectivity index (χ3n) is 3.20. The van der Waals surface area contributed by atoms with Crippen LogP contribution in [0.1, 0.15) is 33.5 Å². The second-order valence-electron chi connectivity index (χ2n) is 4.57. The standard InChI is InChI=1S/C14H20N2OS.ClH/c1-3-12-10(2)8-13(18-12)14(17)16-9-11-4-6-15-7-5-11;/h4,8,15H,3,5-7,9H2,1-2H3,(H,16,17);1H. The Morgan fingerprint density at radius 3 is 2.89 bits per heavy atom. The molecule has 19 heavy (non-hydrogen) atoms. The second kappa shape index (κ2) is 7.68. The SMILES string of the molecule is CCc1sc(C(=O)NCC2=CCNCC2)cc1C.Cl. The Morgan fingerprint density at radius 2 is 2.32 bits per heavy atom. The summed E-state index contributed by atoms with van der Waals surface area (Å²) in [6, 6.07) is 2.00. The molecule has 2 heterocycles. The normalized spacial score (nSPS) is 14.5. The van der Waals surface area contributed by atoms with Gasteiger partial charge in [-0.2, -0.15) is 0 Å². The summed E-state index contributed by atoms with van der Waals surface area (Å²) in [4.78, 5) is 14.2. The van der Waals surface area contributed by atoms with Crippen molar-refractivity contribution in [2.75, 3.05) is 19.6 Å². The highest BCUT2D eigenvalue weighted by Gasteiger charge is 2.12. The predicted octanol–water partition coefficient (Wildman–Crippen LogP) is 2.69. The lowest BCUT2D eigenvalue weighted by Gasteiger charge is -2.14. The molecular formula is C14H21ClN2OS. The van der Waals surface area contributed by atoms with Gasteiger partial charge in [-0.25, -0.2) is 0 Å². The molecule has 1 amide bonds. The molecule has 1 aromatic rings. The molecule has 0 spiro atoms. The second-order valence-corrected chi connectivity index (χ2v) is 5.71. The molecule has 0 atom stereocenters. The minimum absolute atomic E-state index is 0. The largest absolute Gasteiger partial charge is 0.348 e. The van der Waals surface area contributed by atoms with Gasteiger partial charge in [0.05, 0.1) is 4.88 Å². The first-order valence-electron chi connectivity index (χ1n) is 6.47. The number of hydrogen-bond donors (Lipinski definition) is 2. The van der Waals surface area contributed by atoms with Gasteiger partial charge in [0.1, 0.15) is 0 Å². The van der Waals surface area contributed by atoms with Crippen molar-refractivity contribution in [1.82, 2.24) is 10.6 Å². The third kappa shape index (κ3) is 4.34. The molecule has 1 aliphatic rings. The summed E-state index contributed by atoms with van der Waals surface area (Å²) in [5, 5.41) is 6.27. The molecular weight excluding hydrogens is 280 g/mol. The average Bonchev–Trinajstić information content (AvgIpc) is 2.78. The van der Waals surface area contributed by atoms with E-state index in [0.717, 1.165) is 30.8 Å². The van der Waals surface area contributed by atoms with Crippen LogP contribution in [0.3, 0.4) is 0 Å². The quantitative estimate of drug-likeness (QED) is 0.840. The molecule has 3 nitrogen and oxygen atoms in total. The first kappa shape index (κ1) is 16.2. The van der Waals surface area contributed by atoms with Gasteiger partial charge >= 0.3 is 0 Å². The zero-order chi connectivity index (χ0) is 13.0. The summed E-state index contributed by atoms with van der Waals surface area (Å²) in [7, 11) is 0. The summed E-state index contributed by atoms with van der Waals surface area (Å²) in [6.45, 7) is 6.81. The Morgan fingerprint density at radius 1 is 1.53 bits per heavy atom. The number of nitrogens with one attached hydrogen (secondary N) is 2. The molecule has 0 aliphatic carbocycles. The lowest BCUT2D eigenvalue weighted by molar-refractivity contribution is 0.0960. The molecule has 1 aromatic heterocycles. The van der Waals surface area contributed by atoms with Gasteiger partial charge < -0.3 is 10.6 Å². The summed E-state index contributed by atoms with van der Waals surface area (Å²) in [5.41, 5.74) is 2.56. The maximum absolute atomic E-state index is 12.0. The van der Waals surface area contributed by atoms with E-state index < -0.39 is 0 Å². The maximum atomic E-state index is 12.0. The summed E-state index contributed by atoms with van der Waals surface area (Å²) in [5.74, 6) is 0.0576. The van der Waals surface area contributed by atoms with Crippen molar-refractivity contribution in [3.63, 3.8) is 0 Å². The average molecular weight is 301 g/mol. The van der Waals surface area contributed by atoms with Gasteiger partial charge in [0.25, 0.3) is 5.91 Å². The lowest BCUT2D eigenvalue weighted by Crippen LogP contribution is -2.29. The van der Waals surface area contributed by atoms with Crippen molar-refractivity contribution >= 4 is 29.7 Å². The van der Waals surface area contributed by atoms with Crippen LogP contribution in [0.2, 0.25) is 0 Å². The predicted molar refractivity (Wildman–Crippen MR) is 83.6 cm³/mol. The molecule has 2 N–H and O–H groups in total. The highest BCUT2D eigenvalue weighted by atomic mass is 35.5. The van der Waals surface area contributed by atoms with Gasteiger partial charge in [-0.05, 0) is 37.9 Å². The van der Waals surface area contributed by atoms with Gasteiger partial charge in [-0.1, -0.05) is 18.6 Å². The van der Waals surface area contributed by atoms with Gasteiger partial charge in [0, 0.05) is 18.0 Å². The van der Waals surface area contributed by atoms with Gasteiger partial charge in [-0.15, -0.1) is 23.7 Å². The van der Waals surface area contributed by atoms with Gasteiger partial charge in [-0.3, -0.25) is 4.79 Å². The fourth-order valence-electron chi connectivity index (χ4n) is 2.09. The summed E-state index contributed by atoms with van der Waals surface area (Å²) < 4.78 is 0. The van der Waals surface area contributed by atoms with Gasteiger partial charge in [0.2, 0.25) is 0 Å². The summed E-state index contributed by atoms with van der Waals surface area (Å²) in [6.07, 6.45) is 4.20. The molecule has 0 saturated carbocycles. The number of thiophene rings is 1. The van der Waals surface area contributed by atoms with E-state index in [4.69, 9.17) is 0 Å². The minimum Gasteiger partial charge on any atom is -0.348 e. The smallest absolute Gasteiger partial charge is 0.261 e. The third-order valence-corrected chi connectivity index (χ3v) is 4.58. The molecule has 0 unspecified atom stereocenters. The van der Waals surface area contributed by atoms with Crippen molar-refractivity contribution in [2.24, 2.45) is 0 Å². The van der Waals surface area contributed by atoms with Gasteiger partial charge in [0.15, 0.2) is 0 Å². The van der Waals surface area contributed by atoms with Crippen LogP contribution < -0.4 is 10.6 Å². The molecule has 106 valence electrons. The molecule has 0 fully saturated rings. The maximum Gasteiger partial charge on any atom is 0.261 e. The van der Waals surface area contributed by atoms with Crippen LogP contribution in [0, 0.1) is 6.92 Å². The molecule has 0 saturated heterocycles. The molecule has 1 aliphatic heterocycles. The van der Waals surface area contributed by atoms with E-state index in [2.05, 4.69) is 30.6 Å². The van der Waals surface area contributed by atoms with E-state index in [1.54, 1.807) is 11.3 Å². The van der Waals surface area contributed by atoms with Crippen LogP contribution in [-0.4, -0.2) is 25.5 Å². The molecule has 0 radical (unpaired) electrons. The fourth-order valence-corrected chi connectivity index (χ4v) is 3.12. The first-order chi connectivity index (χ1) is 8.70. The Bertz CT molecular complexity index is 468. The summed E-state index contributed by atoms with van der Waals surface area (Å²) >= 11 is 1.61. The topological polar surface area (TPSA) is 41.1 Å². The van der Waals surface area contributed by atoms with Crippen molar-refractivity contribution in [2.45, 2.75) is 26.7 Å². The minimum atomic E-state index is 0. The highest BCUT2D eigenvalue weighted by Crippen LogP contribution is 2.22. The Hall–Kier alpha value is -0.840. The zero-order valence-electron chi connectivity index (χ0n) is 11.4. The monoisotopic (exact) mass is 300 g/mol. The molecule has 2 rings (SSSR count). The molecule has 5 heteroatoms. The van der Waals surface area contributed by atoms with Crippen molar-refractivity contribution in [3.8, 4) is 0 Å². The molecule has 0 bridgehead atoms. The Labute approximate surface area is 124 Å². The number of hydrogen-bond acceptors (Lipinski definition) is 3. The number of carbonyl (C=O) groups excluding carboxylic acids is 1. The van der Waals surface area contributed by atoms with E-state index in [1.165, 1.54) is 16.0 Å². The number of carbonyl (C=O) groups is 1. The van der Waals surface area contributed by atoms with E-state index in [1.807, 2.05) is 6.07 Å². The highest BCUT2D eigenvalue weighted by molar-refractivity contribution is 7.14. The van der Waals surface area contributed by atoms with Crippen molar-refractivity contribution in [3.05, 3.63) is 33.0 Å². The van der Waals surface area contributed by atoms with Crippen molar-refractivity contribution in [1.29, 1.82) is 0 Å². The van der Waals surface area contributed by atoms with E-state index in [-0.39, 0.29) is 18.3 Å². The number of aryl methyl sites for hydroxylation is 2. The van der Waals surface area contributed by atoms with E-state index in [0.29, 0.717) is 6.54 Å². The van der Waals surface area contributed by atoms with Crippen LogP contribution >= 0.6 is 23.7 Å². The Kier molecular flexibility index (Phi) is 6.55.